The van der Waals surface area contributed by atoms with Crippen LogP contribution >= 0.6 is 0 Å². The van der Waals surface area contributed by atoms with Gasteiger partial charge in [0.05, 0.1) is 0 Å². The molecule has 0 aromatic heterocycles. The van der Waals surface area contributed by atoms with Crippen LogP contribution < -0.4 is 0 Å². The van der Waals surface area contributed by atoms with Gasteiger partial charge in [-0.3, -0.25) is 4.90 Å². The lowest BCUT2D eigenvalue weighted by atomic mass is 10.1. The molecule has 20 heavy (non-hydrogen) atoms. The van der Waals surface area contributed by atoms with E-state index < -0.39 is 0 Å². The molecule has 1 aliphatic rings. The molecule has 2 nitrogen and oxygen atoms in total. The number of hydrogen-bond acceptors (Lipinski definition) is 2. The Kier molecular flexibility index (Phi) is 6.55. The largest absolute Gasteiger partial charge is 0.304 e. The minimum absolute atomic E-state index is 1.14. The Hall–Kier alpha value is -0.860. The van der Waals surface area contributed by atoms with Crippen LogP contribution in [0.25, 0.3) is 0 Å². The van der Waals surface area contributed by atoms with Crippen LogP contribution in [0, 0.1) is 0 Å². The highest BCUT2D eigenvalue weighted by Gasteiger charge is 2.10. The quantitative estimate of drug-likeness (QED) is 0.750. The lowest BCUT2D eigenvalue weighted by molar-refractivity contribution is 0.221. The summed E-state index contributed by atoms with van der Waals surface area (Å²) >= 11 is 0. The van der Waals surface area contributed by atoms with Gasteiger partial charge in [-0.05, 0) is 56.6 Å². The monoisotopic (exact) mass is 274 g/mol. The van der Waals surface area contributed by atoms with E-state index in [1.54, 1.807) is 0 Å². The Labute approximate surface area is 124 Å². The molecule has 1 saturated heterocycles. The van der Waals surface area contributed by atoms with Crippen molar-refractivity contribution in [1.29, 1.82) is 0 Å². The third-order valence-corrected chi connectivity index (χ3v) is 4.49. The average molecular weight is 274 g/mol. The summed E-state index contributed by atoms with van der Waals surface area (Å²) in [5, 5.41) is 0. The first-order valence-electron chi connectivity index (χ1n) is 8.34. The molecular weight excluding hydrogens is 244 g/mol. The maximum absolute atomic E-state index is 2.59. The van der Waals surface area contributed by atoms with E-state index in [0.29, 0.717) is 0 Å². The van der Waals surface area contributed by atoms with Crippen LogP contribution in [0.3, 0.4) is 0 Å². The highest BCUT2D eigenvalue weighted by Crippen LogP contribution is 2.14. The second-order valence-electron chi connectivity index (χ2n) is 5.93. The number of piperidine rings is 1. The first-order valence-corrected chi connectivity index (χ1v) is 8.34. The molecule has 0 amide bonds. The lowest BCUT2D eigenvalue weighted by Crippen LogP contribution is -2.29. The molecule has 2 rings (SSSR count). The van der Waals surface area contributed by atoms with Crippen molar-refractivity contribution in [3.8, 4) is 0 Å². The molecule has 0 aliphatic carbocycles. The molecule has 0 spiro atoms. The number of hydrogen-bond donors (Lipinski definition) is 0. The SMILES string of the molecule is CCN(CC)CCc1ccc(CN2CCCCC2)cc1. The number of nitrogens with zero attached hydrogens (tertiary/aromatic N) is 2. The Morgan fingerprint density at radius 2 is 1.50 bits per heavy atom. The summed E-state index contributed by atoms with van der Waals surface area (Å²) in [6.45, 7) is 11.7. The van der Waals surface area contributed by atoms with Crippen molar-refractivity contribution in [3.63, 3.8) is 0 Å². The van der Waals surface area contributed by atoms with E-state index >= 15 is 0 Å². The van der Waals surface area contributed by atoms with E-state index in [1.807, 2.05) is 0 Å². The standard InChI is InChI=1S/C18H30N2/c1-3-19(4-2)15-12-17-8-10-18(11-9-17)16-20-13-6-5-7-14-20/h8-11H,3-7,12-16H2,1-2H3. The van der Waals surface area contributed by atoms with Gasteiger partial charge >= 0.3 is 0 Å². The molecule has 1 heterocycles. The Bertz CT molecular complexity index is 362. The molecule has 0 unspecified atom stereocenters. The number of rotatable bonds is 7. The number of likely N-dealkylation sites (N-methyl/N-ethyl adjacent to an activating group) is 1. The van der Waals surface area contributed by atoms with Crippen molar-refractivity contribution in [2.24, 2.45) is 0 Å². The summed E-state index contributed by atoms with van der Waals surface area (Å²) in [4.78, 5) is 5.08. The van der Waals surface area contributed by atoms with E-state index in [-0.39, 0.29) is 0 Å². The van der Waals surface area contributed by atoms with Crippen LogP contribution in [0.5, 0.6) is 0 Å². The van der Waals surface area contributed by atoms with Crippen molar-refractivity contribution in [1.82, 2.24) is 9.80 Å². The molecule has 1 aromatic rings. The van der Waals surface area contributed by atoms with Crippen LogP contribution in [0.15, 0.2) is 24.3 Å². The third kappa shape index (κ3) is 4.92. The second kappa shape index (κ2) is 8.43. The fourth-order valence-corrected chi connectivity index (χ4v) is 3.01. The van der Waals surface area contributed by atoms with E-state index in [9.17, 15) is 0 Å². The van der Waals surface area contributed by atoms with Crippen LogP contribution in [-0.4, -0.2) is 42.5 Å². The second-order valence-corrected chi connectivity index (χ2v) is 5.93. The zero-order valence-electron chi connectivity index (χ0n) is 13.3. The summed E-state index contributed by atoms with van der Waals surface area (Å²) in [5.41, 5.74) is 2.94. The first-order chi connectivity index (χ1) is 9.81. The zero-order chi connectivity index (χ0) is 14.2. The molecule has 2 heteroatoms. The molecule has 1 aromatic carbocycles. The van der Waals surface area contributed by atoms with Crippen LogP contribution in [-0.2, 0) is 13.0 Å². The lowest BCUT2D eigenvalue weighted by Gasteiger charge is -2.26. The molecule has 0 atom stereocenters. The van der Waals surface area contributed by atoms with Gasteiger partial charge in [-0.2, -0.15) is 0 Å². The van der Waals surface area contributed by atoms with Gasteiger partial charge in [0.25, 0.3) is 0 Å². The van der Waals surface area contributed by atoms with Crippen LogP contribution in [0.4, 0.5) is 0 Å². The summed E-state index contributed by atoms with van der Waals surface area (Å²) in [6, 6.07) is 9.30. The summed E-state index contributed by atoms with van der Waals surface area (Å²) in [7, 11) is 0. The smallest absolute Gasteiger partial charge is 0.0233 e. The van der Waals surface area contributed by atoms with Gasteiger partial charge in [-0.25, -0.2) is 0 Å². The van der Waals surface area contributed by atoms with E-state index in [0.717, 1.165) is 19.6 Å². The summed E-state index contributed by atoms with van der Waals surface area (Å²) < 4.78 is 0. The van der Waals surface area contributed by atoms with Crippen molar-refractivity contribution >= 4 is 0 Å². The van der Waals surface area contributed by atoms with Gasteiger partial charge in [0.1, 0.15) is 0 Å². The van der Waals surface area contributed by atoms with Crippen molar-refractivity contribution in [2.75, 3.05) is 32.7 Å². The number of benzene rings is 1. The Morgan fingerprint density at radius 3 is 2.10 bits per heavy atom. The summed E-state index contributed by atoms with van der Waals surface area (Å²) in [6.07, 6.45) is 5.34. The number of likely N-dealkylation sites (tertiary alicyclic amines) is 1. The predicted octanol–water partition coefficient (Wildman–Crippen LogP) is 3.56. The topological polar surface area (TPSA) is 6.48 Å². The highest BCUT2D eigenvalue weighted by molar-refractivity contribution is 5.22. The summed E-state index contributed by atoms with van der Waals surface area (Å²) in [5.74, 6) is 0. The predicted molar refractivity (Wildman–Crippen MR) is 87.1 cm³/mol. The highest BCUT2D eigenvalue weighted by atomic mass is 15.1. The maximum atomic E-state index is 2.59. The fraction of sp³-hybridized carbons (Fsp3) is 0.667. The average Bonchev–Trinajstić information content (AvgIpc) is 2.51. The minimum Gasteiger partial charge on any atom is -0.304 e. The maximum Gasteiger partial charge on any atom is 0.0233 e. The van der Waals surface area contributed by atoms with Gasteiger partial charge in [0.15, 0.2) is 0 Å². The van der Waals surface area contributed by atoms with E-state index in [1.165, 1.54) is 56.4 Å². The molecule has 1 fully saturated rings. The van der Waals surface area contributed by atoms with Gasteiger partial charge in [-0.1, -0.05) is 44.5 Å². The van der Waals surface area contributed by atoms with Crippen molar-refractivity contribution in [2.45, 2.75) is 46.1 Å². The van der Waals surface area contributed by atoms with Gasteiger partial charge in [-0.15, -0.1) is 0 Å². The van der Waals surface area contributed by atoms with Crippen molar-refractivity contribution < 1.29 is 0 Å². The Balaban J connectivity index is 1.79. The van der Waals surface area contributed by atoms with Gasteiger partial charge in [0, 0.05) is 13.1 Å². The van der Waals surface area contributed by atoms with E-state index in [2.05, 4.69) is 47.9 Å². The molecular formula is C18H30N2. The molecule has 0 N–H and O–H groups in total. The van der Waals surface area contributed by atoms with Crippen LogP contribution in [0.1, 0.15) is 44.2 Å². The van der Waals surface area contributed by atoms with Gasteiger partial charge < -0.3 is 4.90 Å². The molecule has 0 radical (unpaired) electrons. The minimum atomic E-state index is 1.14. The fourth-order valence-electron chi connectivity index (χ4n) is 3.01. The van der Waals surface area contributed by atoms with Crippen LogP contribution in [0.2, 0.25) is 0 Å². The van der Waals surface area contributed by atoms with Gasteiger partial charge in [0.2, 0.25) is 0 Å². The van der Waals surface area contributed by atoms with Crippen molar-refractivity contribution in [3.05, 3.63) is 35.4 Å². The third-order valence-electron chi connectivity index (χ3n) is 4.49. The normalized spacial score (nSPS) is 16.8. The zero-order valence-corrected chi connectivity index (χ0v) is 13.3. The Morgan fingerprint density at radius 1 is 0.900 bits per heavy atom. The molecule has 0 saturated carbocycles. The molecule has 112 valence electrons. The van der Waals surface area contributed by atoms with E-state index in [4.69, 9.17) is 0 Å². The first kappa shape index (κ1) is 15.5. The molecule has 0 bridgehead atoms. The molecule has 1 aliphatic heterocycles.